The van der Waals surface area contributed by atoms with Crippen LogP contribution in [0.3, 0.4) is 0 Å². The van der Waals surface area contributed by atoms with Crippen molar-refractivity contribution in [3.8, 4) is 11.5 Å². The van der Waals surface area contributed by atoms with E-state index in [4.69, 9.17) is 21.7 Å². The van der Waals surface area contributed by atoms with Crippen LogP contribution in [0.5, 0.6) is 11.5 Å². The summed E-state index contributed by atoms with van der Waals surface area (Å²) in [5, 5.41) is 6.54. The molecule has 110 valence electrons. The molecule has 0 aliphatic heterocycles. The summed E-state index contributed by atoms with van der Waals surface area (Å²) in [6.45, 7) is 1.98. The van der Waals surface area contributed by atoms with Gasteiger partial charge in [0.05, 0.1) is 19.9 Å². The first-order chi connectivity index (χ1) is 10.1. The van der Waals surface area contributed by atoms with Crippen molar-refractivity contribution in [1.82, 2.24) is 4.98 Å². The van der Waals surface area contributed by atoms with Crippen LogP contribution < -0.4 is 20.1 Å². The standard InChI is InChI=1S/C15H17N3O2S/c1-10-4-7-14(16-9-10)18-15(21)17-12-6-5-11(19-2)8-13(12)20-3/h4-9H,1-3H3,(H2,16,17,18,21). The molecule has 0 aliphatic rings. The number of pyridine rings is 1. The van der Waals surface area contributed by atoms with Crippen molar-refractivity contribution in [3.63, 3.8) is 0 Å². The van der Waals surface area contributed by atoms with E-state index in [1.165, 1.54) is 0 Å². The second-order valence-electron chi connectivity index (χ2n) is 4.37. The van der Waals surface area contributed by atoms with E-state index in [0.717, 1.165) is 17.0 Å². The van der Waals surface area contributed by atoms with Crippen molar-refractivity contribution in [2.75, 3.05) is 24.9 Å². The molecule has 6 heteroatoms. The minimum Gasteiger partial charge on any atom is -0.497 e. The van der Waals surface area contributed by atoms with Gasteiger partial charge in [-0.1, -0.05) is 6.07 Å². The molecule has 0 bridgehead atoms. The van der Waals surface area contributed by atoms with E-state index in [1.807, 2.05) is 31.2 Å². The summed E-state index contributed by atoms with van der Waals surface area (Å²) >= 11 is 5.27. The highest BCUT2D eigenvalue weighted by atomic mass is 32.1. The zero-order chi connectivity index (χ0) is 15.2. The molecule has 1 heterocycles. The zero-order valence-corrected chi connectivity index (χ0v) is 13.0. The molecule has 0 saturated carbocycles. The van der Waals surface area contributed by atoms with Crippen LogP contribution in [0.25, 0.3) is 0 Å². The fraction of sp³-hybridized carbons (Fsp3) is 0.200. The molecule has 5 nitrogen and oxygen atoms in total. The second-order valence-corrected chi connectivity index (χ2v) is 4.77. The van der Waals surface area contributed by atoms with Gasteiger partial charge in [0, 0.05) is 12.3 Å². The van der Waals surface area contributed by atoms with Crippen molar-refractivity contribution in [1.29, 1.82) is 0 Å². The van der Waals surface area contributed by atoms with Crippen molar-refractivity contribution >= 4 is 28.8 Å². The highest BCUT2D eigenvalue weighted by Crippen LogP contribution is 2.29. The highest BCUT2D eigenvalue weighted by molar-refractivity contribution is 7.80. The number of hydrogen-bond acceptors (Lipinski definition) is 4. The van der Waals surface area contributed by atoms with Crippen LogP contribution in [0.4, 0.5) is 11.5 Å². The van der Waals surface area contributed by atoms with Crippen molar-refractivity contribution in [2.24, 2.45) is 0 Å². The van der Waals surface area contributed by atoms with Gasteiger partial charge in [-0.15, -0.1) is 0 Å². The van der Waals surface area contributed by atoms with E-state index in [9.17, 15) is 0 Å². The third-order valence-electron chi connectivity index (χ3n) is 2.81. The van der Waals surface area contributed by atoms with Crippen LogP contribution in [0.1, 0.15) is 5.56 Å². The third-order valence-corrected chi connectivity index (χ3v) is 3.01. The maximum atomic E-state index is 5.31. The molecular weight excluding hydrogens is 286 g/mol. The molecule has 2 N–H and O–H groups in total. The molecule has 21 heavy (non-hydrogen) atoms. The maximum absolute atomic E-state index is 5.31. The van der Waals surface area contributed by atoms with Crippen LogP contribution in [-0.4, -0.2) is 24.3 Å². The Hall–Kier alpha value is -2.34. The second kappa shape index (κ2) is 6.90. The molecule has 0 unspecified atom stereocenters. The summed E-state index contributed by atoms with van der Waals surface area (Å²) in [5.74, 6) is 2.05. The normalized spacial score (nSPS) is 9.86. The monoisotopic (exact) mass is 303 g/mol. The van der Waals surface area contributed by atoms with Crippen molar-refractivity contribution in [3.05, 3.63) is 42.1 Å². The summed E-state index contributed by atoms with van der Waals surface area (Å²) < 4.78 is 10.5. The number of nitrogens with zero attached hydrogens (tertiary/aromatic N) is 1. The van der Waals surface area contributed by atoms with E-state index in [0.29, 0.717) is 16.7 Å². The minimum atomic E-state index is 0.440. The van der Waals surface area contributed by atoms with Gasteiger partial charge < -0.3 is 20.1 Å². The molecular formula is C15H17N3O2S. The van der Waals surface area contributed by atoms with Crippen molar-refractivity contribution < 1.29 is 9.47 Å². The summed E-state index contributed by atoms with van der Waals surface area (Å²) in [5.41, 5.74) is 1.85. The number of hydrogen-bond donors (Lipinski definition) is 2. The van der Waals surface area contributed by atoms with Gasteiger partial charge in [-0.25, -0.2) is 4.98 Å². The topological polar surface area (TPSA) is 55.4 Å². The fourth-order valence-electron chi connectivity index (χ4n) is 1.71. The van der Waals surface area contributed by atoms with Gasteiger partial charge in [-0.05, 0) is 42.9 Å². The fourth-order valence-corrected chi connectivity index (χ4v) is 1.93. The lowest BCUT2D eigenvalue weighted by atomic mass is 10.2. The Morgan fingerprint density at radius 3 is 2.52 bits per heavy atom. The van der Waals surface area contributed by atoms with Crippen LogP contribution in [0, 0.1) is 6.92 Å². The quantitative estimate of drug-likeness (QED) is 0.846. The van der Waals surface area contributed by atoms with Crippen LogP contribution >= 0.6 is 12.2 Å². The lowest BCUT2D eigenvalue weighted by Gasteiger charge is -2.14. The number of aryl methyl sites for hydroxylation is 1. The molecule has 2 rings (SSSR count). The van der Waals surface area contributed by atoms with Gasteiger partial charge >= 0.3 is 0 Å². The Kier molecular flexibility index (Phi) is 4.94. The summed E-state index contributed by atoms with van der Waals surface area (Å²) in [6.07, 6.45) is 1.78. The first-order valence-corrected chi connectivity index (χ1v) is 6.76. The van der Waals surface area contributed by atoms with Gasteiger partial charge in [-0.3, -0.25) is 0 Å². The molecule has 0 saturated heterocycles. The largest absolute Gasteiger partial charge is 0.497 e. The Morgan fingerprint density at radius 2 is 1.90 bits per heavy atom. The number of benzene rings is 1. The Morgan fingerprint density at radius 1 is 1.10 bits per heavy atom. The number of thiocarbonyl (C=S) groups is 1. The van der Waals surface area contributed by atoms with E-state index in [1.54, 1.807) is 26.5 Å². The summed E-state index contributed by atoms with van der Waals surface area (Å²) in [6, 6.07) is 9.29. The number of nitrogens with one attached hydrogen (secondary N) is 2. The summed E-state index contributed by atoms with van der Waals surface area (Å²) in [7, 11) is 3.20. The third kappa shape index (κ3) is 4.06. The van der Waals surface area contributed by atoms with E-state index >= 15 is 0 Å². The smallest absolute Gasteiger partial charge is 0.176 e. The van der Waals surface area contributed by atoms with Gasteiger partial charge in [0.25, 0.3) is 0 Å². The van der Waals surface area contributed by atoms with Crippen LogP contribution in [0.15, 0.2) is 36.5 Å². The highest BCUT2D eigenvalue weighted by Gasteiger charge is 2.07. The molecule has 0 amide bonds. The molecule has 2 aromatic rings. The molecule has 0 atom stereocenters. The number of rotatable bonds is 4. The molecule has 0 spiro atoms. The molecule has 1 aromatic heterocycles. The van der Waals surface area contributed by atoms with E-state index < -0.39 is 0 Å². The molecule has 0 aliphatic carbocycles. The van der Waals surface area contributed by atoms with Gasteiger partial charge in [-0.2, -0.15) is 0 Å². The van der Waals surface area contributed by atoms with Crippen LogP contribution in [-0.2, 0) is 0 Å². The first kappa shape index (κ1) is 15.1. The van der Waals surface area contributed by atoms with Gasteiger partial charge in [0.2, 0.25) is 0 Å². The maximum Gasteiger partial charge on any atom is 0.176 e. The van der Waals surface area contributed by atoms with Gasteiger partial charge in [0.1, 0.15) is 17.3 Å². The minimum absolute atomic E-state index is 0.440. The Bertz CT molecular complexity index is 629. The van der Waals surface area contributed by atoms with E-state index in [2.05, 4.69) is 15.6 Å². The van der Waals surface area contributed by atoms with Gasteiger partial charge in [0.15, 0.2) is 5.11 Å². The van der Waals surface area contributed by atoms with E-state index in [-0.39, 0.29) is 0 Å². The van der Waals surface area contributed by atoms with Crippen LogP contribution in [0.2, 0.25) is 0 Å². The van der Waals surface area contributed by atoms with Crippen molar-refractivity contribution in [2.45, 2.75) is 6.92 Å². The average Bonchev–Trinajstić information content (AvgIpc) is 2.50. The number of ether oxygens (including phenoxy) is 2. The lowest BCUT2D eigenvalue weighted by molar-refractivity contribution is 0.395. The lowest BCUT2D eigenvalue weighted by Crippen LogP contribution is -2.20. The SMILES string of the molecule is COc1ccc(NC(=S)Nc2ccc(C)cn2)c(OC)c1. The Labute approximate surface area is 129 Å². The number of anilines is 2. The molecule has 0 fully saturated rings. The molecule has 0 radical (unpaired) electrons. The molecule has 1 aromatic carbocycles. The number of aromatic nitrogens is 1. The summed E-state index contributed by atoms with van der Waals surface area (Å²) in [4.78, 5) is 4.24. The predicted molar refractivity (Wildman–Crippen MR) is 88.4 cm³/mol. The predicted octanol–water partition coefficient (Wildman–Crippen LogP) is 3.22. The average molecular weight is 303 g/mol. The first-order valence-electron chi connectivity index (χ1n) is 6.35. The number of methoxy groups -OCH3 is 2. The Balaban J connectivity index is 2.07. The zero-order valence-electron chi connectivity index (χ0n) is 12.1.